The molecule has 1 amide bonds. The van der Waals surface area contributed by atoms with Crippen LogP contribution in [0, 0.1) is 0 Å². The number of ether oxygens (including phenoxy) is 2. The number of likely N-dealkylation sites (tertiary alicyclic amines) is 1. The third-order valence-corrected chi connectivity index (χ3v) is 4.05. The summed E-state index contributed by atoms with van der Waals surface area (Å²) < 4.78 is 10.6. The van der Waals surface area contributed by atoms with Gasteiger partial charge in [0.2, 0.25) is 6.79 Å². The third kappa shape index (κ3) is 2.15. The Morgan fingerprint density at radius 2 is 1.84 bits per heavy atom. The van der Waals surface area contributed by atoms with E-state index in [2.05, 4.69) is 13.8 Å². The van der Waals surface area contributed by atoms with E-state index in [1.54, 1.807) is 6.07 Å². The summed E-state index contributed by atoms with van der Waals surface area (Å²) >= 11 is 0. The summed E-state index contributed by atoms with van der Waals surface area (Å²) in [5, 5.41) is 0. The summed E-state index contributed by atoms with van der Waals surface area (Å²) in [6.45, 7) is 4.49. The van der Waals surface area contributed by atoms with Gasteiger partial charge >= 0.3 is 0 Å². The number of hydrogen-bond donors (Lipinski definition) is 0. The molecular weight excluding hydrogens is 242 g/mol. The van der Waals surface area contributed by atoms with Gasteiger partial charge in [-0.25, -0.2) is 0 Å². The van der Waals surface area contributed by atoms with Crippen molar-refractivity contribution in [3.8, 4) is 11.5 Å². The lowest BCUT2D eigenvalue weighted by Crippen LogP contribution is -2.47. The zero-order valence-electron chi connectivity index (χ0n) is 11.4. The van der Waals surface area contributed by atoms with Gasteiger partial charge in [0, 0.05) is 17.6 Å². The van der Waals surface area contributed by atoms with Crippen LogP contribution >= 0.6 is 0 Å². The quantitative estimate of drug-likeness (QED) is 0.780. The van der Waals surface area contributed by atoms with Crippen molar-refractivity contribution in [3.05, 3.63) is 23.8 Å². The van der Waals surface area contributed by atoms with E-state index in [9.17, 15) is 4.79 Å². The van der Waals surface area contributed by atoms with Gasteiger partial charge in [0.1, 0.15) is 0 Å². The molecule has 0 aliphatic carbocycles. The van der Waals surface area contributed by atoms with Gasteiger partial charge < -0.3 is 14.4 Å². The van der Waals surface area contributed by atoms with Gasteiger partial charge in [0.05, 0.1) is 0 Å². The summed E-state index contributed by atoms with van der Waals surface area (Å²) in [5.41, 5.74) is 0.685. The number of carbonyl (C=O) groups is 1. The van der Waals surface area contributed by atoms with E-state index in [1.807, 2.05) is 17.0 Å². The van der Waals surface area contributed by atoms with Gasteiger partial charge in [-0.2, -0.15) is 0 Å². The maximum Gasteiger partial charge on any atom is 0.254 e. The second-order valence-electron chi connectivity index (χ2n) is 5.41. The molecule has 0 bridgehead atoms. The predicted octanol–water partition coefficient (Wildman–Crippen LogP) is 2.82. The number of fused-ring (bicyclic) bond motifs is 1. The first-order valence-electron chi connectivity index (χ1n) is 6.89. The highest BCUT2D eigenvalue weighted by Gasteiger charge is 2.30. The minimum absolute atomic E-state index is 0.0954. The standard InChI is InChI=1S/C15H19NO3/c1-10-4-3-5-11(2)16(10)15(17)12-6-7-13-14(8-12)19-9-18-13/h6-8,10-11H,3-5,9H2,1-2H3/t10-,11-/m1/s1. The lowest BCUT2D eigenvalue weighted by Gasteiger charge is -2.39. The molecule has 102 valence electrons. The van der Waals surface area contributed by atoms with Crippen molar-refractivity contribution in [2.24, 2.45) is 0 Å². The van der Waals surface area contributed by atoms with Crippen LogP contribution in [0.5, 0.6) is 11.5 Å². The highest BCUT2D eigenvalue weighted by Crippen LogP contribution is 2.33. The van der Waals surface area contributed by atoms with Gasteiger partial charge in [-0.05, 0) is 51.3 Å². The normalized spacial score (nSPS) is 25.5. The molecule has 3 rings (SSSR count). The Morgan fingerprint density at radius 3 is 2.58 bits per heavy atom. The Hall–Kier alpha value is -1.71. The minimum Gasteiger partial charge on any atom is -0.454 e. The van der Waals surface area contributed by atoms with E-state index >= 15 is 0 Å². The maximum atomic E-state index is 12.6. The predicted molar refractivity (Wildman–Crippen MR) is 71.5 cm³/mol. The monoisotopic (exact) mass is 261 g/mol. The van der Waals surface area contributed by atoms with Crippen LogP contribution in [-0.2, 0) is 0 Å². The molecule has 2 aliphatic heterocycles. The fourth-order valence-corrected chi connectivity index (χ4v) is 3.00. The topological polar surface area (TPSA) is 38.8 Å². The molecule has 1 aromatic rings. The van der Waals surface area contributed by atoms with Crippen LogP contribution in [0.2, 0.25) is 0 Å². The zero-order chi connectivity index (χ0) is 13.4. The van der Waals surface area contributed by atoms with Crippen LogP contribution in [0.4, 0.5) is 0 Å². The van der Waals surface area contributed by atoms with Crippen molar-refractivity contribution in [2.45, 2.75) is 45.2 Å². The second kappa shape index (κ2) is 4.76. The third-order valence-electron chi connectivity index (χ3n) is 4.05. The molecule has 0 radical (unpaired) electrons. The van der Waals surface area contributed by atoms with Crippen LogP contribution in [-0.4, -0.2) is 29.7 Å². The SMILES string of the molecule is C[C@@H]1CCC[C@@H](C)N1C(=O)c1ccc2c(c1)OCO2. The number of hydrogen-bond acceptors (Lipinski definition) is 3. The molecule has 1 fully saturated rings. The Kier molecular flexibility index (Phi) is 3.09. The van der Waals surface area contributed by atoms with Crippen molar-refractivity contribution in [2.75, 3.05) is 6.79 Å². The van der Waals surface area contributed by atoms with E-state index < -0.39 is 0 Å². The van der Waals surface area contributed by atoms with Crippen LogP contribution in [0.1, 0.15) is 43.5 Å². The smallest absolute Gasteiger partial charge is 0.254 e. The lowest BCUT2D eigenvalue weighted by atomic mass is 9.96. The molecule has 4 nitrogen and oxygen atoms in total. The van der Waals surface area contributed by atoms with Crippen LogP contribution in [0.15, 0.2) is 18.2 Å². The van der Waals surface area contributed by atoms with Crippen molar-refractivity contribution >= 4 is 5.91 Å². The van der Waals surface area contributed by atoms with Crippen molar-refractivity contribution < 1.29 is 14.3 Å². The summed E-state index contributed by atoms with van der Waals surface area (Å²) in [4.78, 5) is 14.7. The molecule has 0 unspecified atom stereocenters. The summed E-state index contributed by atoms with van der Waals surface area (Å²) in [6.07, 6.45) is 3.37. The molecule has 2 atom stereocenters. The number of rotatable bonds is 1. The van der Waals surface area contributed by atoms with Crippen LogP contribution in [0.3, 0.4) is 0 Å². The highest BCUT2D eigenvalue weighted by molar-refractivity contribution is 5.95. The average Bonchev–Trinajstić information content (AvgIpc) is 2.85. The van der Waals surface area contributed by atoms with Gasteiger partial charge in [-0.3, -0.25) is 4.79 Å². The van der Waals surface area contributed by atoms with E-state index in [0.717, 1.165) is 18.6 Å². The Balaban J connectivity index is 1.86. The van der Waals surface area contributed by atoms with E-state index in [1.165, 1.54) is 6.42 Å². The largest absolute Gasteiger partial charge is 0.454 e. The van der Waals surface area contributed by atoms with Crippen molar-refractivity contribution in [1.82, 2.24) is 4.90 Å². The molecule has 2 aliphatic rings. The summed E-state index contributed by atoms with van der Waals surface area (Å²) in [7, 11) is 0. The number of nitrogens with zero attached hydrogens (tertiary/aromatic N) is 1. The van der Waals surface area contributed by atoms with E-state index in [0.29, 0.717) is 23.4 Å². The van der Waals surface area contributed by atoms with Crippen LogP contribution in [0.25, 0.3) is 0 Å². The first kappa shape index (κ1) is 12.3. The Bertz CT molecular complexity index is 490. The Morgan fingerprint density at radius 1 is 1.16 bits per heavy atom. The van der Waals surface area contributed by atoms with Gasteiger partial charge in [0.25, 0.3) is 5.91 Å². The molecule has 19 heavy (non-hydrogen) atoms. The van der Waals surface area contributed by atoms with Gasteiger partial charge in [-0.1, -0.05) is 0 Å². The first-order chi connectivity index (χ1) is 9.16. The molecule has 0 aromatic heterocycles. The second-order valence-corrected chi connectivity index (χ2v) is 5.41. The number of piperidine rings is 1. The highest BCUT2D eigenvalue weighted by atomic mass is 16.7. The zero-order valence-corrected chi connectivity index (χ0v) is 11.4. The van der Waals surface area contributed by atoms with Crippen molar-refractivity contribution in [1.29, 1.82) is 0 Å². The number of benzene rings is 1. The molecule has 0 spiro atoms. The van der Waals surface area contributed by atoms with Crippen LogP contribution < -0.4 is 9.47 Å². The lowest BCUT2D eigenvalue weighted by molar-refractivity contribution is 0.0510. The van der Waals surface area contributed by atoms with E-state index in [-0.39, 0.29) is 12.7 Å². The first-order valence-corrected chi connectivity index (χ1v) is 6.89. The van der Waals surface area contributed by atoms with E-state index in [4.69, 9.17) is 9.47 Å². The molecule has 0 N–H and O–H groups in total. The fourth-order valence-electron chi connectivity index (χ4n) is 3.00. The number of amides is 1. The van der Waals surface area contributed by atoms with Gasteiger partial charge in [-0.15, -0.1) is 0 Å². The van der Waals surface area contributed by atoms with Crippen molar-refractivity contribution in [3.63, 3.8) is 0 Å². The summed E-state index contributed by atoms with van der Waals surface area (Å²) in [6, 6.07) is 6.04. The maximum absolute atomic E-state index is 12.6. The van der Waals surface area contributed by atoms with Gasteiger partial charge in [0.15, 0.2) is 11.5 Å². The molecule has 1 saturated heterocycles. The average molecular weight is 261 g/mol. The molecule has 2 heterocycles. The molecular formula is C15H19NO3. The molecule has 1 aromatic carbocycles. The number of carbonyl (C=O) groups excluding carboxylic acids is 1. The fraction of sp³-hybridized carbons (Fsp3) is 0.533. The Labute approximate surface area is 113 Å². The molecule has 4 heteroatoms. The molecule has 0 saturated carbocycles. The summed E-state index contributed by atoms with van der Waals surface area (Å²) in [5.74, 6) is 1.48. The minimum atomic E-state index is 0.0954.